The second-order valence-corrected chi connectivity index (χ2v) is 5.78. The molecule has 3 aromatic rings. The number of halogens is 1. The summed E-state index contributed by atoms with van der Waals surface area (Å²) in [5, 5.41) is 1.11. The molecule has 0 saturated carbocycles. The average molecular weight is 327 g/mol. The Morgan fingerprint density at radius 2 is 1.85 bits per heavy atom. The van der Waals surface area contributed by atoms with Crippen LogP contribution in [0.3, 0.4) is 0 Å². The van der Waals surface area contributed by atoms with Crippen LogP contribution in [0.15, 0.2) is 59.2 Å². The largest absolute Gasteiger partial charge is 0.320 e. The molecule has 0 saturated heterocycles. The van der Waals surface area contributed by atoms with E-state index in [9.17, 15) is 0 Å². The maximum Gasteiger partial charge on any atom is 0.0753 e. The molecule has 0 aliphatic carbocycles. The smallest absolute Gasteiger partial charge is 0.0753 e. The average Bonchev–Trinajstić information content (AvgIpc) is 2.46. The highest BCUT2D eigenvalue weighted by atomic mass is 79.9. The minimum atomic E-state index is -0.191. The van der Waals surface area contributed by atoms with Crippen LogP contribution in [0.25, 0.3) is 10.9 Å². The Hall–Kier alpha value is -1.71. The van der Waals surface area contributed by atoms with Crippen molar-refractivity contribution in [2.75, 3.05) is 0 Å². The Balaban J connectivity index is 2.15. The van der Waals surface area contributed by atoms with Crippen molar-refractivity contribution in [1.29, 1.82) is 0 Å². The van der Waals surface area contributed by atoms with Crippen LogP contribution in [0.4, 0.5) is 0 Å². The van der Waals surface area contributed by atoms with Gasteiger partial charge in [0.15, 0.2) is 0 Å². The van der Waals surface area contributed by atoms with E-state index in [2.05, 4.69) is 58.2 Å². The zero-order valence-electron chi connectivity index (χ0n) is 11.2. The fourth-order valence-corrected chi connectivity index (χ4v) is 3.17. The highest BCUT2D eigenvalue weighted by Gasteiger charge is 2.15. The minimum absolute atomic E-state index is 0.191. The number of nitrogens with zero attached hydrogens (tertiary/aromatic N) is 1. The maximum absolute atomic E-state index is 6.46. The van der Waals surface area contributed by atoms with Crippen molar-refractivity contribution in [1.82, 2.24) is 4.98 Å². The van der Waals surface area contributed by atoms with Gasteiger partial charge in [0.05, 0.1) is 11.6 Å². The molecule has 3 heteroatoms. The van der Waals surface area contributed by atoms with Gasteiger partial charge in [-0.15, -0.1) is 0 Å². The summed E-state index contributed by atoms with van der Waals surface area (Å²) < 4.78 is 1.04. The normalized spacial score (nSPS) is 12.6. The Morgan fingerprint density at radius 1 is 1.05 bits per heavy atom. The molecule has 0 amide bonds. The van der Waals surface area contributed by atoms with Crippen molar-refractivity contribution in [3.8, 4) is 0 Å². The first-order valence-electron chi connectivity index (χ1n) is 6.52. The lowest BCUT2D eigenvalue weighted by atomic mass is 9.96. The monoisotopic (exact) mass is 326 g/mol. The summed E-state index contributed by atoms with van der Waals surface area (Å²) in [7, 11) is 0. The third kappa shape index (κ3) is 2.35. The van der Waals surface area contributed by atoms with Crippen LogP contribution in [0.5, 0.6) is 0 Å². The van der Waals surface area contributed by atoms with Crippen LogP contribution in [0.1, 0.15) is 22.7 Å². The fourth-order valence-electron chi connectivity index (χ4n) is 2.43. The number of nitrogens with two attached hydrogens (primary N) is 1. The van der Waals surface area contributed by atoms with Crippen LogP contribution in [0, 0.1) is 6.92 Å². The third-order valence-electron chi connectivity index (χ3n) is 3.49. The number of para-hydroxylation sites is 1. The van der Waals surface area contributed by atoms with Crippen LogP contribution in [-0.4, -0.2) is 4.98 Å². The summed E-state index contributed by atoms with van der Waals surface area (Å²) in [5.41, 5.74) is 10.8. The molecule has 0 bridgehead atoms. The Morgan fingerprint density at radius 3 is 2.65 bits per heavy atom. The SMILES string of the molecule is Cc1ccc(C(N)c2cccc3cccnc23)c(Br)c1. The van der Waals surface area contributed by atoms with Gasteiger partial charge in [-0.1, -0.05) is 52.3 Å². The molecule has 100 valence electrons. The number of hydrogen-bond acceptors (Lipinski definition) is 2. The van der Waals surface area contributed by atoms with E-state index in [1.807, 2.05) is 24.4 Å². The molecular formula is C17H15BrN2. The van der Waals surface area contributed by atoms with Gasteiger partial charge in [-0.05, 0) is 35.7 Å². The van der Waals surface area contributed by atoms with E-state index in [-0.39, 0.29) is 6.04 Å². The summed E-state index contributed by atoms with van der Waals surface area (Å²) in [5.74, 6) is 0. The maximum atomic E-state index is 6.46. The number of rotatable bonds is 2. The molecule has 1 aromatic heterocycles. The topological polar surface area (TPSA) is 38.9 Å². The van der Waals surface area contributed by atoms with E-state index in [0.717, 1.165) is 26.5 Å². The van der Waals surface area contributed by atoms with E-state index in [1.54, 1.807) is 0 Å². The van der Waals surface area contributed by atoms with Gasteiger partial charge in [0.25, 0.3) is 0 Å². The molecule has 2 N–H and O–H groups in total. The second kappa shape index (κ2) is 5.35. The van der Waals surface area contributed by atoms with Crippen LogP contribution in [-0.2, 0) is 0 Å². The number of fused-ring (bicyclic) bond motifs is 1. The molecule has 0 aliphatic rings. The van der Waals surface area contributed by atoms with Gasteiger partial charge in [0, 0.05) is 16.1 Å². The van der Waals surface area contributed by atoms with Gasteiger partial charge >= 0.3 is 0 Å². The van der Waals surface area contributed by atoms with E-state index in [0.29, 0.717) is 0 Å². The van der Waals surface area contributed by atoms with Gasteiger partial charge in [-0.25, -0.2) is 0 Å². The Kier molecular flexibility index (Phi) is 3.55. The number of hydrogen-bond donors (Lipinski definition) is 1. The minimum Gasteiger partial charge on any atom is -0.320 e. The molecule has 0 radical (unpaired) electrons. The number of benzene rings is 2. The summed E-state index contributed by atoms with van der Waals surface area (Å²) >= 11 is 3.61. The molecule has 0 spiro atoms. The van der Waals surface area contributed by atoms with E-state index < -0.39 is 0 Å². The quantitative estimate of drug-likeness (QED) is 0.760. The van der Waals surface area contributed by atoms with Gasteiger partial charge in [-0.2, -0.15) is 0 Å². The van der Waals surface area contributed by atoms with Crippen molar-refractivity contribution in [2.24, 2.45) is 5.73 Å². The van der Waals surface area contributed by atoms with Crippen LogP contribution >= 0.6 is 15.9 Å². The standard InChI is InChI=1S/C17H15BrN2/c1-11-7-8-13(15(18)10-11)16(19)14-6-2-4-12-5-3-9-20-17(12)14/h2-10,16H,19H2,1H3. The highest BCUT2D eigenvalue weighted by Crippen LogP contribution is 2.30. The number of aromatic nitrogens is 1. The first-order chi connectivity index (χ1) is 9.66. The van der Waals surface area contributed by atoms with Crippen molar-refractivity contribution in [3.63, 3.8) is 0 Å². The highest BCUT2D eigenvalue weighted by molar-refractivity contribution is 9.10. The number of aryl methyl sites for hydroxylation is 1. The summed E-state index contributed by atoms with van der Waals surface area (Å²) in [6.45, 7) is 2.07. The van der Waals surface area contributed by atoms with Crippen molar-refractivity contribution >= 4 is 26.8 Å². The predicted molar refractivity (Wildman–Crippen MR) is 86.7 cm³/mol. The molecule has 3 rings (SSSR count). The zero-order valence-corrected chi connectivity index (χ0v) is 12.8. The lowest BCUT2D eigenvalue weighted by Crippen LogP contribution is -2.13. The predicted octanol–water partition coefficient (Wildman–Crippen LogP) is 4.35. The molecule has 2 nitrogen and oxygen atoms in total. The van der Waals surface area contributed by atoms with Crippen LogP contribution in [0.2, 0.25) is 0 Å². The van der Waals surface area contributed by atoms with E-state index >= 15 is 0 Å². The van der Waals surface area contributed by atoms with Crippen molar-refractivity contribution in [3.05, 3.63) is 75.9 Å². The molecule has 2 aromatic carbocycles. The second-order valence-electron chi connectivity index (χ2n) is 4.92. The van der Waals surface area contributed by atoms with Crippen LogP contribution < -0.4 is 5.73 Å². The first kappa shape index (κ1) is 13.3. The molecule has 20 heavy (non-hydrogen) atoms. The molecule has 1 atom stereocenters. The van der Waals surface area contributed by atoms with E-state index in [1.165, 1.54) is 5.56 Å². The molecular weight excluding hydrogens is 312 g/mol. The lowest BCUT2D eigenvalue weighted by Gasteiger charge is -2.16. The molecule has 0 aliphatic heterocycles. The fraction of sp³-hybridized carbons (Fsp3) is 0.118. The van der Waals surface area contributed by atoms with Crippen molar-refractivity contribution < 1.29 is 0 Å². The molecule has 1 unspecified atom stereocenters. The van der Waals surface area contributed by atoms with Gasteiger partial charge in [-0.3, -0.25) is 4.98 Å². The molecule has 0 fully saturated rings. The van der Waals surface area contributed by atoms with Gasteiger partial charge < -0.3 is 5.73 Å². The third-order valence-corrected chi connectivity index (χ3v) is 4.18. The van der Waals surface area contributed by atoms with Gasteiger partial charge in [0.2, 0.25) is 0 Å². The molecule has 1 heterocycles. The zero-order chi connectivity index (χ0) is 14.1. The Labute approximate surface area is 126 Å². The first-order valence-corrected chi connectivity index (χ1v) is 7.31. The number of pyridine rings is 1. The Bertz CT molecular complexity index is 763. The van der Waals surface area contributed by atoms with Gasteiger partial charge in [0.1, 0.15) is 0 Å². The lowest BCUT2D eigenvalue weighted by molar-refractivity contribution is 0.871. The summed E-state index contributed by atoms with van der Waals surface area (Å²) in [6.07, 6.45) is 1.81. The van der Waals surface area contributed by atoms with Crippen molar-refractivity contribution in [2.45, 2.75) is 13.0 Å². The summed E-state index contributed by atoms with van der Waals surface area (Å²) in [4.78, 5) is 4.48. The summed E-state index contributed by atoms with van der Waals surface area (Å²) in [6, 6.07) is 16.2. The van der Waals surface area contributed by atoms with E-state index in [4.69, 9.17) is 5.73 Å².